The molecule has 0 unspecified atom stereocenters. The van der Waals surface area contributed by atoms with Gasteiger partial charge in [-0.1, -0.05) is 27.7 Å². The van der Waals surface area contributed by atoms with Crippen LogP contribution in [-0.2, 0) is 47.9 Å². The van der Waals surface area contributed by atoms with E-state index in [1.54, 1.807) is 27.7 Å². The second-order valence-electron chi connectivity index (χ2n) is 7.55. The van der Waals surface area contributed by atoms with E-state index in [1.807, 2.05) is 6.92 Å². The van der Waals surface area contributed by atoms with Crippen molar-refractivity contribution in [3.8, 4) is 0 Å². The summed E-state index contributed by atoms with van der Waals surface area (Å²) in [7, 11) is 0. The van der Waals surface area contributed by atoms with Crippen LogP contribution in [0, 0.1) is 0 Å². The number of rotatable bonds is 13. The Morgan fingerprint density at radius 1 is 0.727 bits per heavy atom. The molecule has 0 aromatic carbocycles. The predicted octanol–water partition coefficient (Wildman–Crippen LogP) is 3.66. The highest BCUT2D eigenvalue weighted by Gasteiger charge is 2.52. The van der Waals surface area contributed by atoms with Crippen molar-refractivity contribution in [1.82, 2.24) is 0 Å². The molecule has 0 aliphatic carbocycles. The third kappa shape index (κ3) is 9.41. The maximum Gasteiger partial charge on any atom is 0.342 e. The van der Waals surface area contributed by atoms with Crippen molar-refractivity contribution in [3.05, 3.63) is 11.8 Å². The number of carbonyl (C=O) groups is 4. The van der Waals surface area contributed by atoms with Gasteiger partial charge in [0.1, 0.15) is 5.76 Å². The normalized spacial score (nSPS) is 23.4. The van der Waals surface area contributed by atoms with Crippen LogP contribution in [-0.4, -0.2) is 48.5 Å². The fourth-order valence-corrected chi connectivity index (χ4v) is 3.02. The Morgan fingerprint density at radius 2 is 1.18 bits per heavy atom. The fraction of sp³-hybridized carbons (Fsp3) is 0.739. The van der Waals surface area contributed by atoms with E-state index in [2.05, 4.69) is 0 Å². The SMILES string of the molecule is C/C=C1/O[C@H](OOC(=O)CCC)[C@H](OC(=O)CCC)[C@H](OC(=O)CCC)[C@H]1OC(=O)CCC. The van der Waals surface area contributed by atoms with Gasteiger partial charge in [-0.05, 0) is 38.7 Å². The molecule has 1 saturated heterocycles. The van der Waals surface area contributed by atoms with Gasteiger partial charge in [-0.3, -0.25) is 19.3 Å². The van der Waals surface area contributed by atoms with E-state index in [0.717, 1.165) is 0 Å². The number of ether oxygens (including phenoxy) is 4. The van der Waals surface area contributed by atoms with E-state index in [-0.39, 0.29) is 31.4 Å². The molecule has 0 radical (unpaired) electrons. The zero-order valence-electron chi connectivity index (χ0n) is 20.1. The van der Waals surface area contributed by atoms with E-state index in [0.29, 0.717) is 25.7 Å². The highest BCUT2D eigenvalue weighted by molar-refractivity contribution is 5.72. The molecule has 0 bridgehead atoms. The number of allylic oxidation sites excluding steroid dienone is 1. The second kappa shape index (κ2) is 15.3. The lowest BCUT2D eigenvalue weighted by molar-refractivity contribution is -0.381. The van der Waals surface area contributed by atoms with Gasteiger partial charge in [0.25, 0.3) is 6.29 Å². The predicted molar refractivity (Wildman–Crippen MR) is 115 cm³/mol. The van der Waals surface area contributed by atoms with E-state index in [1.165, 1.54) is 6.08 Å². The molecule has 10 nitrogen and oxygen atoms in total. The van der Waals surface area contributed by atoms with Crippen LogP contribution in [0.1, 0.15) is 86.0 Å². The first-order valence-electron chi connectivity index (χ1n) is 11.6. The Bertz CT molecular complexity index is 687. The summed E-state index contributed by atoms with van der Waals surface area (Å²) in [5, 5.41) is 0. The highest BCUT2D eigenvalue weighted by Crippen LogP contribution is 2.32. The number of esters is 3. The average Bonchev–Trinajstić information content (AvgIpc) is 2.76. The van der Waals surface area contributed by atoms with Crippen LogP contribution in [0.4, 0.5) is 0 Å². The Hall–Kier alpha value is -2.62. The van der Waals surface area contributed by atoms with Gasteiger partial charge in [0.05, 0.1) is 0 Å². The minimum absolute atomic E-state index is 0.0885. The standard InChI is InChI=1S/C23H36O10/c1-6-11-16(24)29-20-15(10-5)28-23(33-32-19(27)14-9-4)22(31-18(26)13-8-3)21(20)30-17(25)12-7-2/h10,20-23H,6-9,11-14H2,1-5H3/b15-10+/t20-,21+,22+,23+/m0/s1. The van der Waals surface area contributed by atoms with E-state index >= 15 is 0 Å². The summed E-state index contributed by atoms with van der Waals surface area (Å²) >= 11 is 0. The molecule has 1 heterocycles. The molecular formula is C23H36O10. The number of carbonyl (C=O) groups excluding carboxylic acids is 4. The zero-order chi connectivity index (χ0) is 24.8. The van der Waals surface area contributed by atoms with Gasteiger partial charge in [-0.25, -0.2) is 4.79 Å². The van der Waals surface area contributed by atoms with Gasteiger partial charge in [-0.15, -0.1) is 4.89 Å². The van der Waals surface area contributed by atoms with Crippen molar-refractivity contribution in [2.24, 2.45) is 0 Å². The highest BCUT2D eigenvalue weighted by atomic mass is 17.2. The Morgan fingerprint density at radius 3 is 1.67 bits per heavy atom. The third-order valence-corrected chi connectivity index (χ3v) is 4.55. The van der Waals surface area contributed by atoms with Gasteiger partial charge in [0, 0.05) is 25.7 Å². The van der Waals surface area contributed by atoms with E-state index in [4.69, 9.17) is 28.7 Å². The summed E-state index contributed by atoms with van der Waals surface area (Å²) in [6.07, 6.45) is -1.14. The first-order valence-corrected chi connectivity index (χ1v) is 11.6. The van der Waals surface area contributed by atoms with Crippen molar-refractivity contribution in [2.75, 3.05) is 0 Å². The molecule has 1 rings (SSSR count). The summed E-state index contributed by atoms with van der Waals surface area (Å²) < 4.78 is 22.4. The largest absolute Gasteiger partial charge is 0.457 e. The Kier molecular flexibility index (Phi) is 13.1. The smallest absolute Gasteiger partial charge is 0.342 e. The topological polar surface area (TPSA) is 124 Å². The van der Waals surface area contributed by atoms with Crippen molar-refractivity contribution < 1.29 is 47.9 Å². The lowest BCUT2D eigenvalue weighted by atomic mass is 10.0. The molecule has 188 valence electrons. The summed E-state index contributed by atoms with van der Waals surface area (Å²) in [6.45, 7) is 8.84. The molecule has 1 fully saturated rings. The molecule has 1 aliphatic rings. The number of hydrogen-bond acceptors (Lipinski definition) is 10. The Balaban J connectivity index is 3.31. The van der Waals surface area contributed by atoms with Crippen LogP contribution >= 0.6 is 0 Å². The van der Waals surface area contributed by atoms with Crippen molar-refractivity contribution >= 4 is 23.9 Å². The molecule has 0 amide bonds. The van der Waals surface area contributed by atoms with Crippen molar-refractivity contribution in [2.45, 2.75) is 111 Å². The van der Waals surface area contributed by atoms with Crippen LogP contribution < -0.4 is 0 Å². The van der Waals surface area contributed by atoms with Crippen LogP contribution in [0.15, 0.2) is 11.8 Å². The van der Waals surface area contributed by atoms with Crippen LogP contribution in [0.3, 0.4) is 0 Å². The second-order valence-corrected chi connectivity index (χ2v) is 7.55. The van der Waals surface area contributed by atoms with Crippen LogP contribution in [0.5, 0.6) is 0 Å². The first kappa shape index (κ1) is 28.4. The molecule has 0 saturated carbocycles. The monoisotopic (exact) mass is 472 g/mol. The quantitative estimate of drug-likeness (QED) is 0.170. The lowest BCUT2D eigenvalue weighted by Gasteiger charge is -2.40. The summed E-state index contributed by atoms with van der Waals surface area (Å²) in [4.78, 5) is 58.8. The summed E-state index contributed by atoms with van der Waals surface area (Å²) in [6, 6.07) is 0. The third-order valence-electron chi connectivity index (χ3n) is 4.55. The molecule has 0 aromatic rings. The molecule has 10 heteroatoms. The van der Waals surface area contributed by atoms with Gasteiger partial charge in [0.2, 0.25) is 6.10 Å². The molecule has 0 N–H and O–H groups in total. The Labute approximate surface area is 194 Å². The van der Waals surface area contributed by atoms with Crippen LogP contribution in [0.2, 0.25) is 0 Å². The molecule has 0 spiro atoms. The van der Waals surface area contributed by atoms with Gasteiger partial charge < -0.3 is 18.9 Å². The molecular weight excluding hydrogens is 436 g/mol. The van der Waals surface area contributed by atoms with Gasteiger partial charge in [0.15, 0.2) is 12.2 Å². The maximum absolute atomic E-state index is 12.4. The minimum Gasteiger partial charge on any atom is -0.457 e. The minimum atomic E-state index is -1.43. The molecule has 33 heavy (non-hydrogen) atoms. The summed E-state index contributed by atoms with van der Waals surface area (Å²) in [5.74, 6) is -2.23. The molecule has 4 atom stereocenters. The summed E-state index contributed by atoms with van der Waals surface area (Å²) in [5.41, 5.74) is 0. The fourth-order valence-electron chi connectivity index (χ4n) is 3.02. The lowest BCUT2D eigenvalue weighted by Crippen LogP contribution is -2.57. The van der Waals surface area contributed by atoms with Gasteiger partial charge in [-0.2, -0.15) is 0 Å². The van der Waals surface area contributed by atoms with Gasteiger partial charge >= 0.3 is 23.9 Å². The van der Waals surface area contributed by atoms with Crippen molar-refractivity contribution in [1.29, 1.82) is 0 Å². The molecule has 0 aromatic heterocycles. The van der Waals surface area contributed by atoms with Crippen molar-refractivity contribution in [3.63, 3.8) is 0 Å². The van der Waals surface area contributed by atoms with E-state index in [9.17, 15) is 19.2 Å². The van der Waals surface area contributed by atoms with Crippen LogP contribution in [0.25, 0.3) is 0 Å². The average molecular weight is 473 g/mol. The molecule has 1 aliphatic heterocycles. The number of hydrogen-bond donors (Lipinski definition) is 0. The van der Waals surface area contributed by atoms with E-state index < -0.39 is 48.5 Å². The first-order chi connectivity index (χ1) is 15.8. The maximum atomic E-state index is 12.4. The zero-order valence-corrected chi connectivity index (χ0v) is 20.1.